The van der Waals surface area contributed by atoms with E-state index in [-0.39, 0.29) is 6.03 Å². The zero-order valence-electron chi connectivity index (χ0n) is 17.1. The van der Waals surface area contributed by atoms with Crippen molar-refractivity contribution in [1.82, 2.24) is 19.6 Å². The number of rotatable bonds is 6. The highest BCUT2D eigenvalue weighted by Crippen LogP contribution is 2.33. The van der Waals surface area contributed by atoms with Crippen molar-refractivity contribution in [2.45, 2.75) is 36.6 Å². The van der Waals surface area contributed by atoms with Crippen molar-refractivity contribution in [3.05, 3.63) is 70.6 Å². The summed E-state index contributed by atoms with van der Waals surface area (Å²) in [5, 5.41) is 11.0. The summed E-state index contributed by atoms with van der Waals surface area (Å²) in [7, 11) is 0. The lowest BCUT2D eigenvalue weighted by atomic mass is 10.1. The summed E-state index contributed by atoms with van der Waals surface area (Å²) in [6.07, 6.45) is 3.47. The molecule has 31 heavy (non-hydrogen) atoms. The minimum absolute atomic E-state index is 0.290. The van der Waals surface area contributed by atoms with E-state index in [1.807, 2.05) is 55.5 Å². The van der Waals surface area contributed by atoms with Gasteiger partial charge in [0.2, 0.25) is 0 Å². The molecule has 0 fully saturated rings. The lowest BCUT2D eigenvalue weighted by Gasteiger charge is -2.13. The fourth-order valence-electron chi connectivity index (χ4n) is 3.14. The van der Waals surface area contributed by atoms with Gasteiger partial charge in [0, 0.05) is 32.0 Å². The first kappa shape index (κ1) is 21.3. The predicted molar refractivity (Wildman–Crippen MR) is 127 cm³/mol. The Morgan fingerprint density at radius 1 is 1.06 bits per heavy atom. The van der Waals surface area contributed by atoms with Gasteiger partial charge in [-0.1, -0.05) is 41.0 Å². The molecule has 0 radical (unpaired) electrons. The number of carbonyl (C=O) groups is 1. The zero-order valence-corrected chi connectivity index (χ0v) is 19.5. The third-order valence-electron chi connectivity index (χ3n) is 4.61. The van der Waals surface area contributed by atoms with Gasteiger partial charge in [-0.05, 0) is 61.9 Å². The number of aryl methyl sites for hydroxylation is 1. The first-order valence-electron chi connectivity index (χ1n) is 9.84. The molecule has 2 N–H and O–H groups in total. The third-order valence-corrected chi connectivity index (χ3v) is 6.26. The molecule has 4 rings (SSSR count). The molecule has 0 aliphatic carbocycles. The summed E-state index contributed by atoms with van der Waals surface area (Å²) in [6, 6.07) is 14.9. The van der Waals surface area contributed by atoms with Gasteiger partial charge in [0.05, 0.1) is 0 Å². The smallest absolute Gasteiger partial charge is 0.308 e. The van der Waals surface area contributed by atoms with Gasteiger partial charge in [-0.3, -0.25) is 0 Å². The number of benzene rings is 2. The van der Waals surface area contributed by atoms with Crippen LogP contribution in [0.5, 0.6) is 0 Å². The molecule has 158 valence electrons. The van der Waals surface area contributed by atoms with Crippen LogP contribution >= 0.6 is 27.7 Å². The number of halogens is 1. The second-order valence-corrected chi connectivity index (χ2v) is 8.89. The van der Waals surface area contributed by atoms with E-state index in [0.717, 1.165) is 38.6 Å². The number of fused-ring (bicyclic) bond motifs is 1. The summed E-state index contributed by atoms with van der Waals surface area (Å²) < 4.78 is 2.75. The Morgan fingerprint density at radius 3 is 2.35 bits per heavy atom. The van der Waals surface area contributed by atoms with Crippen molar-refractivity contribution in [2.24, 2.45) is 0 Å². The van der Waals surface area contributed by atoms with Crippen LogP contribution in [0.15, 0.2) is 69.3 Å². The number of nitrogens with zero attached hydrogens (tertiary/aromatic N) is 4. The van der Waals surface area contributed by atoms with E-state index in [4.69, 9.17) is 0 Å². The van der Waals surface area contributed by atoms with E-state index in [0.29, 0.717) is 11.5 Å². The maximum absolute atomic E-state index is 12.2. The SMILES string of the molecule is CCCc1c(C)nc2ncnn2c1Sc1ccc(NC(=O)Nc2ccc(Br)cc2)cc1. The number of nitrogens with one attached hydrogen (secondary N) is 2. The molecule has 2 aromatic heterocycles. The number of urea groups is 1. The second-order valence-electron chi connectivity index (χ2n) is 6.92. The number of hydrogen-bond donors (Lipinski definition) is 2. The van der Waals surface area contributed by atoms with Gasteiger partial charge in [-0.25, -0.2) is 9.78 Å². The topological polar surface area (TPSA) is 84.2 Å². The molecule has 0 atom stereocenters. The summed E-state index contributed by atoms with van der Waals surface area (Å²) in [5.74, 6) is 0.600. The van der Waals surface area contributed by atoms with Crippen LogP contribution in [0.25, 0.3) is 5.78 Å². The van der Waals surface area contributed by atoms with Gasteiger partial charge < -0.3 is 10.6 Å². The molecule has 0 bridgehead atoms. The fourth-order valence-corrected chi connectivity index (χ4v) is 4.49. The molecule has 0 spiro atoms. The summed E-state index contributed by atoms with van der Waals surface area (Å²) in [6.45, 7) is 4.17. The first-order valence-corrected chi connectivity index (χ1v) is 11.4. The Balaban J connectivity index is 1.49. The minimum Gasteiger partial charge on any atom is -0.308 e. The van der Waals surface area contributed by atoms with Gasteiger partial charge in [0.15, 0.2) is 0 Å². The van der Waals surface area contributed by atoms with Gasteiger partial charge >= 0.3 is 6.03 Å². The normalized spacial score (nSPS) is 10.9. The molecule has 0 aliphatic rings. The average molecular weight is 497 g/mol. The van der Waals surface area contributed by atoms with E-state index in [1.165, 1.54) is 11.9 Å². The monoisotopic (exact) mass is 496 g/mol. The Bertz CT molecular complexity index is 1210. The number of aromatic nitrogens is 4. The van der Waals surface area contributed by atoms with Gasteiger partial charge in [-0.15, -0.1) is 0 Å². The molecule has 0 saturated carbocycles. The van der Waals surface area contributed by atoms with Gasteiger partial charge in [0.1, 0.15) is 11.4 Å². The molecule has 4 aromatic rings. The minimum atomic E-state index is -0.290. The van der Waals surface area contributed by atoms with Crippen LogP contribution in [0.4, 0.5) is 16.2 Å². The van der Waals surface area contributed by atoms with Crippen molar-refractivity contribution >= 4 is 50.9 Å². The molecule has 0 unspecified atom stereocenters. The van der Waals surface area contributed by atoms with Crippen LogP contribution in [-0.4, -0.2) is 25.6 Å². The average Bonchev–Trinajstić information content (AvgIpc) is 3.22. The fraction of sp³-hybridized carbons (Fsp3) is 0.182. The van der Waals surface area contributed by atoms with Crippen LogP contribution in [-0.2, 0) is 6.42 Å². The van der Waals surface area contributed by atoms with E-state index >= 15 is 0 Å². The predicted octanol–water partition coefficient (Wildman–Crippen LogP) is 5.94. The zero-order chi connectivity index (χ0) is 21.8. The van der Waals surface area contributed by atoms with Gasteiger partial charge in [-0.2, -0.15) is 14.6 Å². The van der Waals surface area contributed by atoms with Crippen molar-refractivity contribution in [2.75, 3.05) is 10.6 Å². The number of hydrogen-bond acceptors (Lipinski definition) is 5. The number of amides is 2. The van der Waals surface area contributed by atoms with E-state index in [1.54, 1.807) is 16.3 Å². The molecule has 2 aromatic carbocycles. The van der Waals surface area contributed by atoms with E-state index in [2.05, 4.69) is 48.6 Å². The molecule has 2 amide bonds. The van der Waals surface area contributed by atoms with Crippen molar-refractivity contribution in [3.63, 3.8) is 0 Å². The summed E-state index contributed by atoms with van der Waals surface area (Å²) in [4.78, 5) is 22.1. The summed E-state index contributed by atoms with van der Waals surface area (Å²) >= 11 is 5.00. The van der Waals surface area contributed by atoms with Gasteiger partial charge in [0.25, 0.3) is 5.78 Å². The molecule has 9 heteroatoms. The Labute approximate surface area is 192 Å². The van der Waals surface area contributed by atoms with E-state index < -0.39 is 0 Å². The summed E-state index contributed by atoms with van der Waals surface area (Å²) in [5.41, 5.74) is 3.60. The molecular weight excluding hydrogens is 476 g/mol. The van der Waals surface area contributed by atoms with Crippen molar-refractivity contribution in [3.8, 4) is 0 Å². The maximum Gasteiger partial charge on any atom is 0.323 e. The second kappa shape index (κ2) is 9.49. The van der Waals surface area contributed by atoms with Crippen LogP contribution in [0.1, 0.15) is 24.6 Å². The van der Waals surface area contributed by atoms with Crippen LogP contribution in [0.2, 0.25) is 0 Å². The molecule has 7 nitrogen and oxygen atoms in total. The first-order chi connectivity index (χ1) is 15.0. The maximum atomic E-state index is 12.2. The quantitative estimate of drug-likeness (QED) is 0.322. The lowest BCUT2D eigenvalue weighted by molar-refractivity contribution is 0.262. The lowest BCUT2D eigenvalue weighted by Crippen LogP contribution is -2.19. The number of anilines is 2. The molecular formula is C22H21BrN6OS. The highest BCUT2D eigenvalue weighted by Gasteiger charge is 2.15. The van der Waals surface area contributed by atoms with Crippen LogP contribution in [0.3, 0.4) is 0 Å². The molecule has 0 saturated heterocycles. The molecule has 2 heterocycles. The Kier molecular flexibility index (Phi) is 6.53. The highest BCUT2D eigenvalue weighted by molar-refractivity contribution is 9.10. The van der Waals surface area contributed by atoms with Crippen LogP contribution < -0.4 is 10.6 Å². The van der Waals surface area contributed by atoms with Crippen molar-refractivity contribution < 1.29 is 4.79 Å². The third kappa shape index (κ3) is 5.05. The largest absolute Gasteiger partial charge is 0.323 e. The van der Waals surface area contributed by atoms with E-state index in [9.17, 15) is 4.79 Å². The molecule has 0 aliphatic heterocycles. The van der Waals surface area contributed by atoms with Crippen molar-refractivity contribution in [1.29, 1.82) is 0 Å². The Hall–Kier alpha value is -2.91. The van der Waals surface area contributed by atoms with Crippen LogP contribution in [0, 0.1) is 6.92 Å². The Morgan fingerprint density at radius 2 is 1.71 bits per heavy atom. The highest BCUT2D eigenvalue weighted by atomic mass is 79.9. The standard InChI is InChI=1S/C22H21BrN6OS/c1-3-4-19-14(2)26-21-24-13-25-29(21)20(19)31-18-11-9-17(10-12-18)28-22(30)27-16-7-5-15(23)6-8-16/h5-13H,3-4H2,1-2H3,(H2,27,28,30). The number of carbonyl (C=O) groups excluding carboxylic acids is 1.